The van der Waals surface area contributed by atoms with Gasteiger partial charge in [0.05, 0.1) is 0 Å². The normalized spacial score (nSPS) is 25.4. The van der Waals surface area contributed by atoms with E-state index >= 15 is 0 Å². The summed E-state index contributed by atoms with van der Waals surface area (Å²) in [4.78, 5) is 14.1. The van der Waals surface area contributed by atoms with Crippen LogP contribution in [0.5, 0.6) is 0 Å². The van der Waals surface area contributed by atoms with Gasteiger partial charge in [0.1, 0.15) is 0 Å². The maximum atomic E-state index is 11.5. The van der Waals surface area contributed by atoms with Crippen LogP contribution >= 0.6 is 0 Å². The standard InChI is InChI=1S/C17H25N3O/c1-2-17(21)19-14-7-5-6-13(12-14)18-15-9-11-20-10-4-3-8-16(15)20/h5-7,12,15-16,18H,2-4,8-11H2,1H3,(H,19,21). The van der Waals surface area contributed by atoms with E-state index in [1.54, 1.807) is 0 Å². The number of nitrogens with zero attached hydrogens (tertiary/aromatic N) is 1. The van der Waals surface area contributed by atoms with Crippen LogP contribution in [0.15, 0.2) is 24.3 Å². The zero-order valence-electron chi connectivity index (χ0n) is 12.8. The van der Waals surface area contributed by atoms with E-state index in [0.29, 0.717) is 18.5 Å². The molecule has 3 rings (SSSR count). The summed E-state index contributed by atoms with van der Waals surface area (Å²) in [5.74, 6) is 0.0615. The molecular formula is C17H25N3O. The number of piperidine rings is 1. The maximum Gasteiger partial charge on any atom is 0.224 e. The van der Waals surface area contributed by atoms with E-state index in [0.717, 1.165) is 11.4 Å². The number of hydrogen-bond acceptors (Lipinski definition) is 3. The number of carbonyl (C=O) groups excluding carboxylic acids is 1. The molecule has 0 saturated carbocycles. The van der Waals surface area contributed by atoms with Gasteiger partial charge in [-0.15, -0.1) is 0 Å². The zero-order chi connectivity index (χ0) is 14.7. The molecule has 1 aromatic carbocycles. The molecule has 4 nitrogen and oxygen atoms in total. The fourth-order valence-corrected chi connectivity index (χ4v) is 3.57. The Hall–Kier alpha value is -1.55. The summed E-state index contributed by atoms with van der Waals surface area (Å²) in [7, 11) is 0. The minimum absolute atomic E-state index is 0.0615. The molecule has 0 bridgehead atoms. The summed E-state index contributed by atoms with van der Waals surface area (Å²) in [6, 6.07) is 9.31. The highest BCUT2D eigenvalue weighted by Gasteiger charge is 2.35. The molecule has 0 radical (unpaired) electrons. The summed E-state index contributed by atoms with van der Waals surface area (Å²) >= 11 is 0. The van der Waals surface area contributed by atoms with Crippen molar-refractivity contribution in [2.75, 3.05) is 23.7 Å². The summed E-state index contributed by atoms with van der Waals surface area (Å²) in [6.07, 6.45) is 5.74. The molecule has 2 unspecified atom stereocenters. The van der Waals surface area contributed by atoms with Crippen LogP contribution in [0, 0.1) is 0 Å². The Balaban J connectivity index is 1.64. The SMILES string of the molecule is CCC(=O)Nc1cccc(NC2CCN3CCCCC23)c1. The molecule has 1 amide bonds. The van der Waals surface area contributed by atoms with Gasteiger partial charge in [-0.05, 0) is 44.0 Å². The van der Waals surface area contributed by atoms with Crippen LogP contribution in [0.1, 0.15) is 39.0 Å². The van der Waals surface area contributed by atoms with Crippen LogP contribution < -0.4 is 10.6 Å². The number of carbonyl (C=O) groups is 1. The van der Waals surface area contributed by atoms with Gasteiger partial charge in [-0.1, -0.05) is 19.4 Å². The van der Waals surface area contributed by atoms with E-state index in [2.05, 4.69) is 21.6 Å². The first kappa shape index (κ1) is 14.4. The lowest BCUT2D eigenvalue weighted by atomic mass is 9.99. The van der Waals surface area contributed by atoms with Crippen LogP contribution in [0.25, 0.3) is 0 Å². The van der Waals surface area contributed by atoms with Crippen molar-refractivity contribution < 1.29 is 4.79 Å². The predicted molar refractivity (Wildman–Crippen MR) is 86.6 cm³/mol. The van der Waals surface area contributed by atoms with E-state index in [1.807, 2.05) is 25.1 Å². The lowest BCUT2D eigenvalue weighted by Crippen LogP contribution is -2.41. The van der Waals surface area contributed by atoms with Gasteiger partial charge in [0.15, 0.2) is 0 Å². The van der Waals surface area contributed by atoms with Gasteiger partial charge in [0.25, 0.3) is 0 Å². The average Bonchev–Trinajstić information content (AvgIpc) is 2.91. The second-order valence-electron chi connectivity index (χ2n) is 6.12. The van der Waals surface area contributed by atoms with Gasteiger partial charge in [-0.25, -0.2) is 0 Å². The molecule has 2 aliphatic heterocycles. The first-order valence-electron chi connectivity index (χ1n) is 8.17. The third-order valence-corrected chi connectivity index (χ3v) is 4.68. The van der Waals surface area contributed by atoms with Crippen LogP contribution in [-0.4, -0.2) is 36.0 Å². The van der Waals surface area contributed by atoms with Crippen molar-refractivity contribution in [2.24, 2.45) is 0 Å². The number of rotatable bonds is 4. The van der Waals surface area contributed by atoms with Crippen LogP contribution in [-0.2, 0) is 4.79 Å². The zero-order valence-corrected chi connectivity index (χ0v) is 12.8. The largest absolute Gasteiger partial charge is 0.381 e. The Morgan fingerprint density at radius 2 is 2.10 bits per heavy atom. The Kier molecular flexibility index (Phi) is 4.44. The Labute approximate surface area is 126 Å². The molecule has 2 aliphatic rings. The smallest absolute Gasteiger partial charge is 0.224 e. The molecule has 2 saturated heterocycles. The average molecular weight is 287 g/mol. The van der Waals surface area contributed by atoms with Crippen LogP contribution in [0.2, 0.25) is 0 Å². The van der Waals surface area contributed by atoms with E-state index in [1.165, 1.54) is 38.8 Å². The van der Waals surface area contributed by atoms with E-state index < -0.39 is 0 Å². The van der Waals surface area contributed by atoms with Gasteiger partial charge in [-0.2, -0.15) is 0 Å². The molecule has 2 atom stereocenters. The molecule has 1 aromatic rings. The molecule has 0 aromatic heterocycles. The molecule has 4 heteroatoms. The summed E-state index contributed by atoms with van der Waals surface area (Å²) < 4.78 is 0. The fourth-order valence-electron chi connectivity index (χ4n) is 3.57. The van der Waals surface area contributed by atoms with Crippen molar-refractivity contribution in [3.05, 3.63) is 24.3 Å². The minimum atomic E-state index is 0.0615. The topological polar surface area (TPSA) is 44.4 Å². The van der Waals surface area contributed by atoms with Crippen molar-refractivity contribution in [2.45, 2.75) is 51.1 Å². The number of fused-ring (bicyclic) bond motifs is 1. The van der Waals surface area contributed by atoms with Crippen molar-refractivity contribution in [1.29, 1.82) is 0 Å². The van der Waals surface area contributed by atoms with Gasteiger partial charge < -0.3 is 10.6 Å². The van der Waals surface area contributed by atoms with E-state index in [4.69, 9.17) is 0 Å². The van der Waals surface area contributed by atoms with Gasteiger partial charge >= 0.3 is 0 Å². The maximum absolute atomic E-state index is 11.5. The van der Waals surface area contributed by atoms with Crippen LogP contribution in [0.4, 0.5) is 11.4 Å². The van der Waals surface area contributed by atoms with Crippen molar-refractivity contribution in [1.82, 2.24) is 4.90 Å². The highest BCUT2D eigenvalue weighted by molar-refractivity contribution is 5.90. The summed E-state index contributed by atoms with van der Waals surface area (Å²) in [5.41, 5.74) is 1.99. The first-order chi connectivity index (χ1) is 10.3. The predicted octanol–water partition coefficient (Wildman–Crippen LogP) is 3.07. The van der Waals surface area contributed by atoms with Crippen molar-refractivity contribution >= 4 is 17.3 Å². The Morgan fingerprint density at radius 1 is 1.24 bits per heavy atom. The van der Waals surface area contributed by atoms with E-state index in [9.17, 15) is 4.79 Å². The third kappa shape index (κ3) is 3.38. The van der Waals surface area contributed by atoms with Crippen molar-refractivity contribution in [3.63, 3.8) is 0 Å². The fraction of sp³-hybridized carbons (Fsp3) is 0.588. The number of hydrogen-bond donors (Lipinski definition) is 2. The molecule has 0 aliphatic carbocycles. The minimum Gasteiger partial charge on any atom is -0.381 e. The summed E-state index contributed by atoms with van der Waals surface area (Å²) in [5, 5.41) is 6.60. The van der Waals surface area contributed by atoms with Crippen molar-refractivity contribution in [3.8, 4) is 0 Å². The second-order valence-corrected chi connectivity index (χ2v) is 6.12. The first-order valence-corrected chi connectivity index (χ1v) is 8.17. The molecule has 2 fully saturated rings. The van der Waals surface area contributed by atoms with E-state index in [-0.39, 0.29) is 5.91 Å². The lowest BCUT2D eigenvalue weighted by molar-refractivity contribution is -0.115. The second kappa shape index (κ2) is 6.48. The summed E-state index contributed by atoms with van der Waals surface area (Å²) in [6.45, 7) is 4.34. The highest BCUT2D eigenvalue weighted by atomic mass is 16.1. The van der Waals surface area contributed by atoms with Gasteiger partial charge in [0, 0.05) is 36.4 Å². The lowest BCUT2D eigenvalue weighted by Gasteiger charge is -2.33. The van der Waals surface area contributed by atoms with Gasteiger partial charge in [0.2, 0.25) is 5.91 Å². The quantitative estimate of drug-likeness (QED) is 0.894. The van der Waals surface area contributed by atoms with Crippen LogP contribution in [0.3, 0.4) is 0 Å². The molecule has 2 N–H and O–H groups in total. The number of amides is 1. The molecular weight excluding hydrogens is 262 g/mol. The number of anilines is 2. The highest BCUT2D eigenvalue weighted by Crippen LogP contribution is 2.29. The Morgan fingerprint density at radius 3 is 2.95 bits per heavy atom. The molecule has 114 valence electrons. The number of nitrogens with one attached hydrogen (secondary N) is 2. The monoisotopic (exact) mass is 287 g/mol. The molecule has 21 heavy (non-hydrogen) atoms. The van der Waals surface area contributed by atoms with Gasteiger partial charge in [-0.3, -0.25) is 9.69 Å². The molecule has 0 spiro atoms. The molecule has 2 heterocycles. The third-order valence-electron chi connectivity index (χ3n) is 4.68. The Bertz CT molecular complexity index is 503. The number of benzene rings is 1.